The third-order valence-corrected chi connectivity index (χ3v) is 2.53. The summed E-state index contributed by atoms with van der Waals surface area (Å²) in [6, 6.07) is 1.40. The first-order valence-corrected chi connectivity index (χ1v) is 4.79. The molecule has 1 rings (SSSR count). The predicted octanol–water partition coefficient (Wildman–Crippen LogP) is 2.74. The fourth-order valence-corrected chi connectivity index (χ4v) is 1.43. The summed E-state index contributed by atoms with van der Waals surface area (Å²) in [7, 11) is 1.29. The van der Waals surface area contributed by atoms with E-state index in [9.17, 15) is 4.79 Å². The molecule has 0 aliphatic rings. The van der Waals surface area contributed by atoms with Gasteiger partial charge in [0, 0.05) is 0 Å². The Bertz CT molecular complexity index is 366. The average molecular weight is 234 g/mol. The van der Waals surface area contributed by atoms with Crippen molar-refractivity contribution < 1.29 is 9.53 Å². The number of hydrogen-bond acceptors (Lipinski definition) is 3. The molecule has 0 amide bonds. The van der Waals surface area contributed by atoms with Gasteiger partial charge in [-0.3, -0.25) is 0 Å². The van der Waals surface area contributed by atoms with Gasteiger partial charge >= 0.3 is 5.97 Å². The summed E-state index contributed by atoms with van der Waals surface area (Å²) in [5.74, 6) is -0.515. The Morgan fingerprint density at radius 3 is 2.71 bits per heavy atom. The highest BCUT2D eigenvalue weighted by atomic mass is 35.5. The fourth-order valence-electron chi connectivity index (χ4n) is 0.991. The zero-order chi connectivity index (χ0) is 10.7. The first-order chi connectivity index (χ1) is 6.60. The highest BCUT2D eigenvalue weighted by Gasteiger charge is 2.13. The van der Waals surface area contributed by atoms with Crippen LogP contribution in [0.25, 0.3) is 0 Å². The molecule has 1 aromatic rings. The number of methoxy groups -OCH3 is 1. The predicted molar refractivity (Wildman–Crippen MR) is 55.0 cm³/mol. The van der Waals surface area contributed by atoms with E-state index in [4.69, 9.17) is 23.2 Å². The molecule has 14 heavy (non-hydrogen) atoms. The van der Waals surface area contributed by atoms with E-state index >= 15 is 0 Å². The summed E-state index contributed by atoms with van der Waals surface area (Å²) in [5, 5.41) is 0.709. The fraction of sp³-hybridized carbons (Fsp3) is 0.333. The Morgan fingerprint density at radius 2 is 2.21 bits per heavy atom. The Kier molecular flexibility index (Phi) is 3.72. The zero-order valence-electron chi connectivity index (χ0n) is 7.80. The second kappa shape index (κ2) is 4.62. The van der Waals surface area contributed by atoms with Gasteiger partial charge in [-0.1, -0.05) is 30.1 Å². The van der Waals surface area contributed by atoms with Crippen LogP contribution in [-0.4, -0.2) is 18.1 Å². The number of aromatic nitrogens is 1. The van der Waals surface area contributed by atoms with E-state index in [-0.39, 0.29) is 5.69 Å². The van der Waals surface area contributed by atoms with Gasteiger partial charge in [0.1, 0.15) is 5.69 Å². The molecule has 76 valence electrons. The summed E-state index contributed by atoms with van der Waals surface area (Å²) < 4.78 is 4.53. The maximum absolute atomic E-state index is 11.2. The summed E-state index contributed by atoms with van der Waals surface area (Å²) in [6.07, 6.45) is 0.614. The number of nitrogens with zero attached hydrogens (tertiary/aromatic N) is 1. The second-order valence-corrected chi connectivity index (χ2v) is 3.38. The van der Waals surface area contributed by atoms with E-state index < -0.39 is 5.97 Å². The lowest BCUT2D eigenvalue weighted by Gasteiger charge is -2.05. The number of hydrogen-bond donors (Lipinski definition) is 0. The summed E-state index contributed by atoms with van der Waals surface area (Å²) >= 11 is 11.7. The van der Waals surface area contributed by atoms with Crippen LogP contribution in [0.15, 0.2) is 6.07 Å². The van der Waals surface area contributed by atoms with Crippen molar-refractivity contribution in [2.45, 2.75) is 13.3 Å². The quantitative estimate of drug-likeness (QED) is 0.738. The number of rotatable bonds is 2. The number of aryl methyl sites for hydroxylation is 1. The molecule has 0 aromatic carbocycles. The van der Waals surface area contributed by atoms with Crippen molar-refractivity contribution in [3.8, 4) is 0 Å². The van der Waals surface area contributed by atoms with Crippen LogP contribution in [0, 0.1) is 0 Å². The molecular weight excluding hydrogens is 225 g/mol. The van der Waals surface area contributed by atoms with E-state index in [1.807, 2.05) is 6.92 Å². The van der Waals surface area contributed by atoms with E-state index in [1.165, 1.54) is 13.2 Å². The lowest BCUT2D eigenvalue weighted by atomic mass is 10.2. The van der Waals surface area contributed by atoms with Crippen molar-refractivity contribution in [2.24, 2.45) is 0 Å². The third kappa shape index (κ3) is 2.16. The van der Waals surface area contributed by atoms with Gasteiger partial charge in [0.15, 0.2) is 0 Å². The van der Waals surface area contributed by atoms with Crippen LogP contribution in [-0.2, 0) is 11.2 Å². The number of carbonyl (C=O) groups is 1. The number of carbonyl (C=O) groups excluding carboxylic acids is 1. The average Bonchev–Trinajstić information content (AvgIpc) is 2.20. The first-order valence-electron chi connectivity index (χ1n) is 4.03. The van der Waals surface area contributed by atoms with E-state index in [0.717, 1.165) is 0 Å². The molecule has 0 aliphatic heterocycles. The largest absolute Gasteiger partial charge is 0.464 e. The molecule has 1 heterocycles. The minimum atomic E-state index is -0.515. The van der Waals surface area contributed by atoms with Crippen LogP contribution in [0.3, 0.4) is 0 Å². The van der Waals surface area contributed by atoms with Gasteiger partial charge in [-0.2, -0.15) is 0 Å². The van der Waals surface area contributed by atoms with Gasteiger partial charge in [0.05, 0.1) is 22.8 Å². The third-order valence-electron chi connectivity index (χ3n) is 1.71. The molecular formula is C9H9Cl2NO2. The van der Waals surface area contributed by atoms with Gasteiger partial charge in [-0.25, -0.2) is 9.78 Å². The number of pyridine rings is 1. The zero-order valence-corrected chi connectivity index (χ0v) is 9.32. The lowest BCUT2D eigenvalue weighted by Crippen LogP contribution is -2.06. The minimum Gasteiger partial charge on any atom is -0.464 e. The van der Waals surface area contributed by atoms with Crippen molar-refractivity contribution in [2.75, 3.05) is 7.11 Å². The van der Waals surface area contributed by atoms with Crippen LogP contribution < -0.4 is 0 Å². The molecule has 0 N–H and O–H groups in total. The smallest absolute Gasteiger partial charge is 0.356 e. The minimum absolute atomic E-state index is 0.179. The van der Waals surface area contributed by atoms with Crippen LogP contribution in [0.5, 0.6) is 0 Å². The topological polar surface area (TPSA) is 39.2 Å². The summed E-state index contributed by atoms with van der Waals surface area (Å²) in [4.78, 5) is 15.2. The molecule has 3 nitrogen and oxygen atoms in total. The van der Waals surface area contributed by atoms with E-state index in [0.29, 0.717) is 22.2 Å². The highest BCUT2D eigenvalue weighted by molar-refractivity contribution is 6.42. The molecule has 0 aliphatic carbocycles. The number of esters is 1. The summed E-state index contributed by atoms with van der Waals surface area (Å²) in [5.41, 5.74) is 0.776. The van der Waals surface area contributed by atoms with Gasteiger partial charge in [-0.05, 0) is 12.5 Å². The molecule has 0 bridgehead atoms. The van der Waals surface area contributed by atoms with Gasteiger partial charge in [-0.15, -0.1) is 0 Å². The molecule has 0 radical (unpaired) electrons. The maximum atomic E-state index is 11.2. The van der Waals surface area contributed by atoms with Gasteiger partial charge < -0.3 is 4.74 Å². The lowest BCUT2D eigenvalue weighted by molar-refractivity contribution is 0.0594. The van der Waals surface area contributed by atoms with Crippen molar-refractivity contribution in [3.05, 3.63) is 27.5 Å². The van der Waals surface area contributed by atoms with Gasteiger partial charge in [0.25, 0.3) is 0 Å². The van der Waals surface area contributed by atoms with Crippen molar-refractivity contribution in [1.29, 1.82) is 0 Å². The molecule has 1 aromatic heterocycles. The maximum Gasteiger partial charge on any atom is 0.356 e. The second-order valence-electron chi connectivity index (χ2n) is 2.60. The SMILES string of the molecule is CCc1nc(C(=O)OC)cc(Cl)c1Cl. The normalized spacial score (nSPS) is 10.0. The summed E-state index contributed by atoms with van der Waals surface area (Å²) in [6.45, 7) is 1.88. The van der Waals surface area contributed by atoms with Crippen molar-refractivity contribution in [3.63, 3.8) is 0 Å². The van der Waals surface area contributed by atoms with Crippen LogP contribution in [0.4, 0.5) is 0 Å². The Labute approximate surface area is 92.0 Å². The molecule has 0 fully saturated rings. The number of ether oxygens (including phenoxy) is 1. The standard InChI is InChI=1S/C9H9Cl2NO2/c1-3-6-8(11)5(10)4-7(12-6)9(13)14-2/h4H,3H2,1-2H3. The molecule has 0 saturated carbocycles. The van der Waals surface area contributed by atoms with Crippen molar-refractivity contribution >= 4 is 29.2 Å². The molecule has 0 spiro atoms. The highest BCUT2D eigenvalue weighted by Crippen LogP contribution is 2.25. The van der Waals surface area contributed by atoms with E-state index in [1.54, 1.807) is 0 Å². The first kappa shape index (κ1) is 11.3. The van der Waals surface area contributed by atoms with Crippen molar-refractivity contribution in [1.82, 2.24) is 4.98 Å². The molecule has 0 atom stereocenters. The number of halogens is 2. The Hall–Kier alpha value is -0.800. The molecule has 0 saturated heterocycles. The van der Waals surface area contributed by atoms with Crippen LogP contribution in [0.2, 0.25) is 10.0 Å². The Morgan fingerprint density at radius 1 is 1.57 bits per heavy atom. The molecule has 0 unspecified atom stereocenters. The van der Waals surface area contributed by atoms with Crippen LogP contribution in [0.1, 0.15) is 23.1 Å². The van der Waals surface area contributed by atoms with Gasteiger partial charge in [0.2, 0.25) is 0 Å². The monoisotopic (exact) mass is 233 g/mol. The molecule has 5 heteroatoms. The van der Waals surface area contributed by atoms with Crippen LogP contribution >= 0.6 is 23.2 Å². The van der Waals surface area contributed by atoms with E-state index in [2.05, 4.69) is 9.72 Å². The Balaban J connectivity index is 3.22.